The zero-order chi connectivity index (χ0) is 21.9. The number of anilines is 2. The predicted octanol–water partition coefficient (Wildman–Crippen LogP) is 8.26. The molecule has 0 atom stereocenters. The topological polar surface area (TPSA) is 29.9 Å². The maximum absolute atomic E-state index is 6.15. The number of rotatable bonds is 5. The first-order chi connectivity index (χ1) is 15.7. The molecule has 0 aliphatic rings. The van der Waals surface area contributed by atoms with Gasteiger partial charge in [-0.25, -0.2) is 4.68 Å². The van der Waals surface area contributed by atoms with Crippen LogP contribution >= 0.6 is 23.2 Å². The maximum atomic E-state index is 6.15. The van der Waals surface area contributed by atoms with Crippen LogP contribution in [-0.2, 0) is 0 Å². The van der Waals surface area contributed by atoms with Crippen molar-refractivity contribution in [2.24, 2.45) is 0 Å². The summed E-state index contributed by atoms with van der Waals surface area (Å²) < 4.78 is 1.93. The second kappa shape index (κ2) is 8.91. The molecule has 0 saturated carbocycles. The van der Waals surface area contributed by atoms with Gasteiger partial charge in [0.15, 0.2) is 0 Å². The largest absolute Gasteiger partial charge is 0.340 e. The summed E-state index contributed by atoms with van der Waals surface area (Å²) >= 11 is 12.3. The molecule has 156 valence electrons. The Hall–Kier alpha value is -3.53. The van der Waals surface area contributed by atoms with Crippen molar-refractivity contribution in [2.75, 3.05) is 5.32 Å². The highest BCUT2D eigenvalue weighted by Gasteiger charge is 2.22. The Kier molecular flexibility index (Phi) is 5.68. The van der Waals surface area contributed by atoms with Crippen LogP contribution in [0.15, 0.2) is 109 Å². The molecule has 5 rings (SSSR count). The Bertz CT molecular complexity index is 1330. The SMILES string of the molecule is Clc1ccc(Nc2c(-c3ccccc3)c(-c3ccccc3)nn2-c2ccc(Cl)cc2)cc1. The zero-order valence-corrected chi connectivity index (χ0v) is 18.6. The molecule has 1 heterocycles. The van der Waals surface area contributed by atoms with Gasteiger partial charge in [-0.3, -0.25) is 0 Å². The molecule has 32 heavy (non-hydrogen) atoms. The van der Waals surface area contributed by atoms with Gasteiger partial charge in [-0.15, -0.1) is 0 Å². The van der Waals surface area contributed by atoms with Crippen molar-refractivity contribution in [2.45, 2.75) is 0 Å². The summed E-state index contributed by atoms with van der Waals surface area (Å²) in [5.41, 5.74) is 5.85. The molecule has 3 nitrogen and oxygen atoms in total. The monoisotopic (exact) mass is 455 g/mol. The van der Waals surface area contributed by atoms with Crippen LogP contribution in [0.5, 0.6) is 0 Å². The van der Waals surface area contributed by atoms with Crippen LogP contribution in [0.1, 0.15) is 0 Å². The van der Waals surface area contributed by atoms with Crippen molar-refractivity contribution in [1.82, 2.24) is 9.78 Å². The standard InChI is InChI=1S/C27H19Cl2N3/c28-21-11-15-23(16-12-21)30-27-25(19-7-3-1-4-8-19)26(20-9-5-2-6-10-20)31-32(27)24-17-13-22(29)14-18-24/h1-18,30H. The number of benzene rings is 4. The molecule has 5 heteroatoms. The summed E-state index contributed by atoms with van der Waals surface area (Å²) in [4.78, 5) is 0. The van der Waals surface area contributed by atoms with Gasteiger partial charge in [0.05, 0.1) is 11.3 Å². The molecule has 0 amide bonds. The number of aromatic nitrogens is 2. The summed E-state index contributed by atoms with van der Waals surface area (Å²) in [5.74, 6) is 0.861. The highest BCUT2D eigenvalue weighted by atomic mass is 35.5. The van der Waals surface area contributed by atoms with Gasteiger partial charge in [-0.1, -0.05) is 83.9 Å². The average Bonchev–Trinajstić information content (AvgIpc) is 3.21. The predicted molar refractivity (Wildman–Crippen MR) is 134 cm³/mol. The van der Waals surface area contributed by atoms with Crippen LogP contribution in [0.3, 0.4) is 0 Å². The van der Waals surface area contributed by atoms with E-state index in [1.165, 1.54) is 0 Å². The van der Waals surface area contributed by atoms with E-state index in [-0.39, 0.29) is 0 Å². The van der Waals surface area contributed by atoms with E-state index >= 15 is 0 Å². The van der Waals surface area contributed by atoms with E-state index in [4.69, 9.17) is 28.3 Å². The van der Waals surface area contributed by atoms with Gasteiger partial charge in [0.1, 0.15) is 11.5 Å². The molecule has 0 spiro atoms. The lowest BCUT2D eigenvalue weighted by Crippen LogP contribution is -2.03. The van der Waals surface area contributed by atoms with E-state index in [0.717, 1.165) is 39.6 Å². The van der Waals surface area contributed by atoms with Crippen molar-refractivity contribution in [3.63, 3.8) is 0 Å². The van der Waals surface area contributed by atoms with Crippen molar-refractivity contribution in [3.05, 3.63) is 119 Å². The van der Waals surface area contributed by atoms with Gasteiger partial charge in [0, 0.05) is 21.3 Å². The second-order valence-corrected chi connectivity index (χ2v) is 8.20. The maximum Gasteiger partial charge on any atom is 0.142 e. The molecule has 4 aromatic carbocycles. The summed E-state index contributed by atoms with van der Waals surface area (Å²) in [6.45, 7) is 0. The van der Waals surface area contributed by atoms with Gasteiger partial charge < -0.3 is 5.32 Å². The molecule has 1 N–H and O–H groups in total. The quantitative estimate of drug-likeness (QED) is 0.289. The molecule has 1 aromatic heterocycles. The lowest BCUT2D eigenvalue weighted by molar-refractivity contribution is 0.892. The lowest BCUT2D eigenvalue weighted by atomic mass is 10.0. The minimum Gasteiger partial charge on any atom is -0.340 e. The van der Waals surface area contributed by atoms with Gasteiger partial charge in [0.2, 0.25) is 0 Å². The third-order valence-electron chi connectivity index (χ3n) is 5.17. The minimum atomic E-state index is 0.680. The fourth-order valence-electron chi connectivity index (χ4n) is 3.65. The van der Waals surface area contributed by atoms with Crippen molar-refractivity contribution >= 4 is 34.7 Å². The summed E-state index contributed by atoms with van der Waals surface area (Å²) in [7, 11) is 0. The third-order valence-corrected chi connectivity index (χ3v) is 5.68. The number of hydrogen-bond acceptors (Lipinski definition) is 2. The van der Waals surface area contributed by atoms with E-state index in [9.17, 15) is 0 Å². The first kappa shape index (κ1) is 20.4. The summed E-state index contributed by atoms with van der Waals surface area (Å²) in [6.07, 6.45) is 0. The van der Waals surface area contributed by atoms with Crippen molar-refractivity contribution in [1.29, 1.82) is 0 Å². The van der Waals surface area contributed by atoms with E-state index in [0.29, 0.717) is 10.0 Å². The van der Waals surface area contributed by atoms with Crippen LogP contribution in [0.4, 0.5) is 11.5 Å². The fraction of sp³-hybridized carbons (Fsp3) is 0. The van der Waals surface area contributed by atoms with Gasteiger partial charge in [-0.2, -0.15) is 5.10 Å². The Morgan fingerprint density at radius 1 is 0.594 bits per heavy atom. The van der Waals surface area contributed by atoms with Gasteiger partial charge in [0.25, 0.3) is 0 Å². The number of nitrogens with one attached hydrogen (secondary N) is 1. The third kappa shape index (κ3) is 4.13. The first-order valence-corrected chi connectivity index (χ1v) is 11.0. The van der Waals surface area contributed by atoms with E-state index < -0.39 is 0 Å². The molecule has 0 radical (unpaired) electrons. The number of nitrogens with zero attached hydrogens (tertiary/aromatic N) is 2. The van der Waals surface area contributed by atoms with E-state index in [2.05, 4.69) is 29.6 Å². The molecule has 0 saturated heterocycles. The van der Waals surface area contributed by atoms with Crippen molar-refractivity contribution in [3.8, 4) is 28.1 Å². The van der Waals surface area contributed by atoms with Crippen molar-refractivity contribution < 1.29 is 0 Å². The second-order valence-electron chi connectivity index (χ2n) is 7.32. The Morgan fingerprint density at radius 3 is 1.72 bits per heavy atom. The Labute approximate surface area is 196 Å². The number of hydrogen-bond donors (Lipinski definition) is 1. The zero-order valence-electron chi connectivity index (χ0n) is 17.0. The highest BCUT2D eigenvalue weighted by molar-refractivity contribution is 6.30. The molecule has 5 aromatic rings. The lowest BCUT2D eigenvalue weighted by Gasteiger charge is -2.13. The van der Waals surface area contributed by atoms with Crippen LogP contribution in [-0.4, -0.2) is 9.78 Å². The first-order valence-electron chi connectivity index (χ1n) is 10.2. The van der Waals surface area contributed by atoms with Crippen LogP contribution in [0, 0.1) is 0 Å². The molecule has 0 unspecified atom stereocenters. The molecule has 0 bridgehead atoms. The molecule has 0 aliphatic heterocycles. The minimum absolute atomic E-state index is 0.680. The number of halogens is 2. The van der Waals surface area contributed by atoms with Crippen LogP contribution in [0.2, 0.25) is 10.0 Å². The Balaban J connectivity index is 1.78. The summed E-state index contributed by atoms with van der Waals surface area (Å²) in [5, 5.41) is 10.0. The van der Waals surface area contributed by atoms with Crippen LogP contribution in [0.25, 0.3) is 28.1 Å². The van der Waals surface area contributed by atoms with Crippen LogP contribution < -0.4 is 5.32 Å². The average molecular weight is 456 g/mol. The van der Waals surface area contributed by atoms with Gasteiger partial charge >= 0.3 is 0 Å². The molecular formula is C27H19Cl2N3. The smallest absolute Gasteiger partial charge is 0.142 e. The molecule has 0 fully saturated rings. The van der Waals surface area contributed by atoms with Gasteiger partial charge in [-0.05, 0) is 54.1 Å². The molecular weight excluding hydrogens is 437 g/mol. The fourth-order valence-corrected chi connectivity index (χ4v) is 3.90. The highest BCUT2D eigenvalue weighted by Crippen LogP contribution is 2.40. The summed E-state index contributed by atoms with van der Waals surface area (Å²) in [6, 6.07) is 35.8. The molecule has 0 aliphatic carbocycles. The van der Waals surface area contributed by atoms with E-state index in [1.54, 1.807) is 0 Å². The van der Waals surface area contributed by atoms with E-state index in [1.807, 2.05) is 89.6 Å². The normalized spacial score (nSPS) is 10.8. The Morgan fingerprint density at radius 2 is 1.12 bits per heavy atom.